The number of rotatable bonds is 2. The summed E-state index contributed by atoms with van der Waals surface area (Å²) in [7, 11) is 0. The molecule has 1 saturated carbocycles. The quantitative estimate of drug-likeness (QED) is 0.845. The molecule has 2 aromatic rings. The molecule has 0 saturated heterocycles. The zero-order chi connectivity index (χ0) is 13.7. The van der Waals surface area contributed by atoms with Gasteiger partial charge in [-0.1, -0.05) is 0 Å². The molecule has 0 N–H and O–H groups in total. The first-order valence-electron chi connectivity index (χ1n) is 7.16. The van der Waals surface area contributed by atoms with Crippen molar-refractivity contribution in [3.05, 3.63) is 46.0 Å². The molecule has 0 radical (unpaired) electrons. The Bertz CT molecular complexity index is 631. The van der Waals surface area contributed by atoms with E-state index in [1.54, 1.807) is 6.26 Å². The van der Waals surface area contributed by atoms with Gasteiger partial charge in [-0.3, -0.25) is 4.79 Å². The van der Waals surface area contributed by atoms with E-state index in [9.17, 15) is 4.79 Å². The van der Waals surface area contributed by atoms with Gasteiger partial charge in [0, 0.05) is 23.3 Å². The molecule has 4 heteroatoms. The Morgan fingerprint density at radius 1 is 1.45 bits per heavy atom. The average Bonchev–Trinajstić information content (AvgIpc) is 2.91. The number of carbonyl (C=O) groups is 1. The second kappa shape index (κ2) is 4.48. The van der Waals surface area contributed by atoms with Crippen molar-refractivity contribution in [1.82, 2.24) is 4.90 Å². The predicted octanol–water partition coefficient (Wildman–Crippen LogP) is 3.59. The lowest BCUT2D eigenvalue weighted by Gasteiger charge is -2.34. The zero-order valence-electron chi connectivity index (χ0n) is 11.4. The molecule has 0 spiro atoms. The SMILES string of the molecule is C[C@@H]1c2ccsc2CCN1C(=O)[C@H]1C[C@@H]1c1ccco1. The van der Waals surface area contributed by atoms with Crippen molar-refractivity contribution in [2.24, 2.45) is 5.92 Å². The molecule has 0 bridgehead atoms. The van der Waals surface area contributed by atoms with Crippen LogP contribution in [0.2, 0.25) is 0 Å². The molecule has 2 aliphatic rings. The molecule has 1 aliphatic heterocycles. The number of thiophene rings is 1. The molecule has 1 aliphatic carbocycles. The maximum atomic E-state index is 12.7. The van der Waals surface area contributed by atoms with Gasteiger partial charge in [-0.15, -0.1) is 11.3 Å². The van der Waals surface area contributed by atoms with Gasteiger partial charge in [0.1, 0.15) is 5.76 Å². The van der Waals surface area contributed by atoms with E-state index in [-0.39, 0.29) is 12.0 Å². The Hall–Kier alpha value is -1.55. The van der Waals surface area contributed by atoms with Gasteiger partial charge in [-0.2, -0.15) is 0 Å². The van der Waals surface area contributed by atoms with Crippen molar-refractivity contribution >= 4 is 17.2 Å². The van der Waals surface area contributed by atoms with Crippen LogP contribution in [0.1, 0.15) is 41.5 Å². The van der Waals surface area contributed by atoms with Crippen molar-refractivity contribution in [3.63, 3.8) is 0 Å². The fraction of sp³-hybridized carbons (Fsp3) is 0.438. The zero-order valence-corrected chi connectivity index (χ0v) is 12.2. The molecule has 3 nitrogen and oxygen atoms in total. The van der Waals surface area contributed by atoms with Crippen molar-refractivity contribution in [2.75, 3.05) is 6.54 Å². The van der Waals surface area contributed by atoms with E-state index in [2.05, 4.69) is 23.3 Å². The van der Waals surface area contributed by atoms with Gasteiger partial charge in [0.2, 0.25) is 5.91 Å². The Morgan fingerprint density at radius 2 is 2.35 bits per heavy atom. The normalized spacial score (nSPS) is 28.2. The van der Waals surface area contributed by atoms with Gasteiger partial charge in [-0.25, -0.2) is 0 Å². The molecule has 1 amide bonds. The minimum absolute atomic E-state index is 0.129. The fourth-order valence-electron chi connectivity index (χ4n) is 3.31. The summed E-state index contributed by atoms with van der Waals surface area (Å²) >= 11 is 1.81. The molecule has 0 aromatic carbocycles. The lowest BCUT2D eigenvalue weighted by Crippen LogP contribution is -2.39. The van der Waals surface area contributed by atoms with E-state index >= 15 is 0 Å². The molecule has 4 rings (SSSR count). The smallest absolute Gasteiger partial charge is 0.226 e. The van der Waals surface area contributed by atoms with Crippen LogP contribution in [0, 0.1) is 5.92 Å². The molecule has 3 atom stereocenters. The van der Waals surface area contributed by atoms with E-state index in [0.29, 0.717) is 11.8 Å². The van der Waals surface area contributed by atoms with Crippen molar-refractivity contribution in [2.45, 2.75) is 31.7 Å². The Kier molecular flexibility index (Phi) is 2.74. The fourth-order valence-corrected chi connectivity index (χ4v) is 4.27. The predicted molar refractivity (Wildman–Crippen MR) is 77.7 cm³/mol. The molecular weight excluding hydrogens is 270 g/mol. The van der Waals surface area contributed by atoms with Crippen LogP contribution in [0.25, 0.3) is 0 Å². The monoisotopic (exact) mass is 287 g/mol. The third-order valence-electron chi connectivity index (χ3n) is 4.58. The van der Waals surface area contributed by atoms with Crippen LogP contribution >= 0.6 is 11.3 Å². The molecular formula is C16H17NO2S. The number of hydrogen-bond donors (Lipinski definition) is 0. The highest BCUT2D eigenvalue weighted by Gasteiger charge is 2.48. The minimum Gasteiger partial charge on any atom is -0.469 e. The lowest BCUT2D eigenvalue weighted by molar-refractivity contribution is -0.135. The van der Waals surface area contributed by atoms with Crippen LogP contribution < -0.4 is 0 Å². The van der Waals surface area contributed by atoms with Gasteiger partial charge in [-0.05, 0) is 48.9 Å². The van der Waals surface area contributed by atoms with Crippen LogP contribution in [0.5, 0.6) is 0 Å². The number of carbonyl (C=O) groups excluding carboxylic acids is 1. The lowest BCUT2D eigenvalue weighted by atomic mass is 10.0. The van der Waals surface area contributed by atoms with Gasteiger partial charge in [0.05, 0.1) is 12.3 Å². The third kappa shape index (κ3) is 1.82. The van der Waals surface area contributed by atoms with Crippen molar-refractivity contribution in [3.8, 4) is 0 Å². The summed E-state index contributed by atoms with van der Waals surface area (Å²) in [6, 6.07) is 6.27. The summed E-state index contributed by atoms with van der Waals surface area (Å²) in [5.74, 6) is 1.69. The molecule has 1 fully saturated rings. The first kappa shape index (κ1) is 12.2. The molecule has 3 heterocycles. The Balaban J connectivity index is 1.51. The summed E-state index contributed by atoms with van der Waals surface area (Å²) in [5, 5.41) is 2.14. The summed E-state index contributed by atoms with van der Waals surface area (Å²) < 4.78 is 5.43. The maximum Gasteiger partial charge on any atom is 0.226 e. The number of furan rings is 1. The standard InChI is InChI=1S/C16H17NO2S/c1-10-11-5-8-20-15(11)4-6-17(10)16(18)13-9-12(13)14-3-2-7-19-14/h2-3,5,7-8,10,12-13H,4,6,9H2,1H3/t10-,12+,13+/m1/s1. The Morgan fingerprint density at radius 3 is 3.15 bits per heavy atom. The van der Waals surface area contributed by atoms with Crippen LogP contribution in [-0.4, -0.2) is 17.4 Å². The highest BCUT2D eigenvalue weighted by molar-refractivity contribution is 7.10. The van der Waals surface area contributed by atoms with Gasteiger partial charge in [0.15, 0.2) is 0 Å². The van der Waals surface area contributed by atoms with Gasteiger partial charge < -0.3 is 9.32 Å². The highest BCUT2D eigenvalue weighted by atomic mass is 32.1. The summed E-state index contributed by atoms with van der Waals surface area (Å²) in [4.78, 5) is 16.2. The van der Waals surface area contributed by atoms with Gasteiger partial charge >= 0.3 is 0 Å². The molecule has 2 aromatic heterocycles. The average molecular weight is 287 g/mol. The van der Waals surface area contributed by atoms with E-state index in [1.165, 1.54) is 10.4 Å². The van der Waals surface area contributed by atoms with Gasteiger partial charge in [0.25, 0.3) is 0 Å². The summed E-state index contributed by atoms with van der Waals surface area (Å²) in [6.07, 6.45) is 3.63. The van der Waals surface area contributed by atoms with Crippen LogP contribution in [0.4, 0.5) is 0 Å². The van der Waals surface area contributed by atoms with E-state index in [1.807, 2.05) is 23.5 Å². The summed E-state index contributed by atoms with van der Waals surface area (Å²) in [5.41, 5.74) is 1.34. The number of fused-ring (bicyclic) bond motifs is 1. The molecule has 0 unspecified atom stereocenters. The van der Waals surface area contributed by atoms with E-state index < -0.39 is 0 Å². The third-order valence-corrected chi connectivity index (χ3v) is 5.57. The van der Waals surface area contributed by atoms with Crippen molar-refractivity contribution < 1.29 is 9.21 Å². The number of nitrogens with zero attached hydrogens (tertiary/aromatic N) is 1. The highest BCUT2D eigenvalue weighted by Crippen LogP contribution is 2.49. The van der Waals surface area contributed by atoms with Crippen molar-refractivity contribution in [1.29, 1.82) is 0 Å². The largest absolute Gasteiger partial charge is 0.469 e. The molecule has 20 heavy (non-hydrogen) atoms. The van der Waals surface area contributed by atoms with Crippen LogP contribution in [0.15, 0.2) is 34.3 Å². The van der Waals surface area contributed by atoms with E-state index in [4.69, 9.17) is 4.42 Å². The summed E-state index contributed by atoms with van der Waals surface area (Å²) in [6.45, 7) is 3.00. The maximum absolute atomic E-state index is 12.7. The molecule has 104 valence electrons. The topological polar surface area (TPSA) is 33.5 Å². The first-order chi connectivity index (χ1) is 9.75. The van der Waals surface area contributed by atoms with E-state index in [0.717, 1.165) is 25.1 Å². The number of hydrogen-bond acceptors (Lipinski definition) is 3. The second-order valence-corrected chi connectivity index (χ2v) is 6.72. The van der Waals surface area contributed by atoms with Crippen LogP contribution in [0.3, 0.4) is 0 Å². The second-order valence-electron chi connectivity index (χ2n) is 5.72. The Labute approximate surface area is 122 Å². The van der Waals surface area contributed by atoms with Crippen LogP contribution in [-0.2, 0) is 11.2 Å². The minimum atomic E-state index is 0.129. The first-order valence-corrected chi connectivity index (χ1v) is 8.04. The number of amides is 1.